The summed E-state index contributed by atoms with van der Waals surface area (Å²) in [4.78, 5) is 15.2. The van der Waals surface area contributed by atoms with E-state index in [0.717, 1.165) is 5.01 Å². The van der Waals surface area contributed by atoms with Crippen LogP contribution in [0.15, 0.2) is 29.8 Å². The Balaban J connectivity index is 0.00000180. The highest BCUT2D eigenvalue weighted by molar-refractivity contribution is 7.09. The minimum Gasteiger partial charge on any atom is -1.00 e. The molecule has 0 radical (unpaired) electrons. The number of nitrogens with one attached hydrogen (secondary N) is 1. The molecule has 0 unspecified atom stereocenters. The van der Waals surface area contributed by atoms with Gasteiger partial charge in [0.15, 0.2) is 12.0 Å². The Morgan fingerprint density at radius 2 is 2.11 bits per heavy atom. The smallest absolute Gasteiger partial charge is 0.243 e. The number of aromatic amines is 1. The predicted octanol–water partition coefficient (Wildman–Crippen LogP) is -0.991. The maximum absolute atomic E-state index is 12.2. The van der Waals surface area contributed by atoms with Crippen LogP contribution in [0.2, 0.25) is 0 Å². The van der Waals surface area contributed by atoms with Gasteiger partial charge >= 0.3 is 0 Å². The summed E-state index contributed by atoms with van der Waals surface area (Å²) in [6, 6.07) is 5.20. The highest BCUT2D eigenvalue weighted by Gasteiger charge is 2.17. The van der Waals surface area contributed by atoms with Crippen molar-refractivity contribution in [3.05, 3.63) is 40.3 Å². The fourth-order valence-electron chi connectivity index (χ4n) is 1.64. The van der Waals surface area contributed by atoms with Crippen molar-refractivity contribution in [1.82, 2.24) is 0 Å². The van der Waals surface area contributed by atoms with Crippen molar-refractivity contribution in [2.24, 2.45) is 0 Å². The molecule has 0 fully saturated rings. The molecule has 1 heterocycles. The molecule has 0 aliphatic carbocycles. The van der Waals surface area contributed by atoms with E-state index in [1.54, 1.807) is 32.4 Å². The quantitative estimate of drug-likeness (QED) is 0.655. The predicted molar refractivity (Wildman–Crippen MR) is 68.5 cm³/mol. The molecule has 6 heteroatoms. The van der Waals surface area contributed by atoms with Crippen molar-refractivity contribution in [3.63, 3.8) is 0 Å². The first-order chi connectivity index (χ1) is 8.74. The average molecular weight is 344 g/mol. The largest absolute Gasteiger partial charge is 1.00 e. The number of thiazole rings is 1. The number of methoxy groups -OCH3 is 2. The molecule has 2 rings (SSSR count). The van der Waals surface area contributed by atoms with Crippen molar-refractivity contribution >= 4 is 17.1 Å². The number of carbonyl (C=O) groups excluding carboxylic acids is 1. The Bertz CT molecular complexity index is 543. The van der Waals surface area contributed by atoms with Gasteiger partial charge in [-0.2, -0.15) is 0 Å². The fourth-order valence-corrected chi connectivity index (χ4v) is 2.29. The number of halogens is 1. The zero-order valence-corrected chi connectivity index (χ0v) is 13.0. The molecule has 0 atom stereocenters. The average Bonchev–Trinajstić information content (AvgIpc) is 2.90. The molecule has 0 aliphatic heterocycles. The number of rotatable bonds is 5. The molecule has 0 bridgehead atoms. The number of hydrogen-bond donors (Lipinski definition) is 0. The molecule has 0 amide bonds. The Morgan fingerprint density at radius 3 is 2.68 bits per heavy atom. The van der Waals surface area contributed by atoms with Crippen molar-refractivity contribution in [2.75, 3.05) is 14.2 Å². The van der Waals surface area contributed by atoms with Crippen LogP contribution in [0.1, 0.15) is 15.4 Å². The van der Waals surface area contributed by atoms with Crippen molar-refractivity contribution < 1.29 is 36.2 Å². The van der Waals surface area contributed by atoms with E-state index in [-0.39, 0.29) is 22.8 Å². The van der Waals surface area contributed by atoms with Crippen LogP contribution in [0.25, 0.3) is 0 Å². The van der Waals surface area contributed by atoms with Gasteiger partial charge in [-0.15, -0.1) is 0 Å². The lowest BCUT2D eigenvalue weighted by Crippen LogP contribution is -3.00. The summed E-state index contributed by atoms with van der Waals surface area (Å²) in [7, 11) is 3.12. The first-order valence-corrected chi connectivity index (χ1v) is 6.32. The number of Topliss-reactive ketones (excluding diaryl/α,β-unsaturated/α-hetero) is 1. The van der Waals surface area contributed by atoms with Gasteiger partial charge in [0.25, 0.3) is 0 Å². The molecule has 102 valence electrons. The standard InChI is InChI=1S/C13H13NO3S.BrH/c1-16-9-3-4-10(12(7-9)17-2)11(15)8-13-14-5-6-18-13;/h3-7H,8H2,1-2H3;1H. The first kappa shape index (κ1) is 15.7. The van der Waals surface area contributed by atoms with Gasteiger partial charge < -0.3 is 26.5 Å². The molecule has 1 aromatic heterocycles. The van der Waals surface area contributed by atoms with E-state index >= 15 is 0 Å². The number of hydrogen-bond acceptors (Lipinski definition) is 4. The van der Waals surface area contributed by atoms with Gasteiger partial charge in [0.05, 0.1) is 25.2 Å². The summed E-state index contributed by atoms with van der Waals surface area (Å²) in [6.07, 6.45) is 2.17. The van der Waals surface area contributed by atoms with E-state index in [1.165, 1.54) is 11.3 Å². The van der Waals surface area contributed by atoms with Gasteiger partial charge in [0, 0.05) is 6.07 Å². The van der Waals surface area contributed by atoms with Gasteiger partial charge in [0.2, 0.25) is 5.01 Å². The Kier molecular flexibility index (Phi) is 5.98. The third kappa shape index (κ3) is 3.78. The summed E-state index contributed by atoms with van der Waals surface area (Å²) >= 11 is 1.53. The third-order valence-electron chi connectivity index (χ3n) is 2.55. The molecule has 0 saturated carbocycles. The van der Waals surface area contributed by atoms with Crippen LogP contribution in [0.4, 0.5) is 0 Å². The summed E-state index contributed by atoms with van der Waals surface area (Å²) < 4.78 is 10.3. The molecule has 4 nitrogen and oxygen atoms in total. The van der Waals surface area contributed by atoms with Gasteiger partial charge in [-0.1, -0.05) is 11.3 Å². The minimum absolute atomic E-state index is 0. The lowest BCUT2D eigenvalue weighted by Gasteiger charge is -2.08. The van der Waals surface area contributed by atoms with Crippen LogP contribution in [0.3, 0.4) is 0 Å². The molecule has 1 N–H and O–H groups in total. The highest BCUT2D eigenvalue weighted by atomic mass is 79.9. The molecule has 0 aliphatic rings. The Hall–Kier alpha value is -1.40. The topological polar surface area (TPSA) is 49.7 Å². The number of H-pyrrole nitrogens is 1. The molecule has 0 saturated heterocycles. The van der Waals surface area contributed by atoms with Gasteiger partial charge in [-0.25, -0.2) is 4.98 Å². The number of carbonyl (C=O) groups is 1. The normalized spacial score (nSPS) is 9.58. The van der Waals surface area contributed by atoms with Gasteiger partial charge in [0.1, 0.15) is 17.9 Å². The van der Waals surface area contributed by atoms with E-state index in [2.05, 4.69) is 4.98 Å². The zero-order chi connectivity index (χ0) is 13.0. The summed E-state index contributed by atoms with van der Waals surface area (Å²) in [5.74, 6) is 1.23. The molecular weight excluding hydrogens is 330 g/mol. The van der Waals surface area contributed by atoms with Crippen LogP contribution >= 0.6 is 11.3 Å². The van der Waals surface area contributed by atoms with Crippen molar-refractivity contribution in [1.29, 1.82) is 0 Å². The number of benzene rings is 1. The second kappa shape index (κ2) is 7.25. The van der Waals surface area contributed by atoms with Crippen LogP contribution in [-0.2, 0) is 6.42 Å². The van der Waals surface area contributed by atoms with E-state index in [4.69, 9.17) is 9.47 Å². The lowest BCUT2D eigenvalue weighted by molar-refractivity contribution is -0.381. The second-order valence-corrected chi connectivity index (χ2v) is 4.65. The van der Waals surface area contributed by atoms with Crippen LogP contribution in [0.5, 0.6) is 11.5 Å². The Labute approximate surface area is 126 Å². The number of ether oxygens (including phenoxy) is 2. The zero-order valence-electron chi connectivity index (χ0n) is 10.6. The maximum Gasteiger partial charge on any atom is 0.243 e. The molecular formula is C13H14BrNO3S. The lowest BCUT2D eigenvalue weighted by atomic mass is 10.1. The SMILES string of the molecule is COc1ccc(C(=O)Cc2[nH+]ccs2)c(OC)c1.[Br-]. The summed E-state index contributed by atoms with van der Waals surface area (Å²) in [5, 5.41) is 2.84. The van der Waals surface area contributed by atoms with Gasteiger partial charge in [-0.3, -0.25) is 4.79 Å². The minimum atomic E-state index is 0. The fraction of sp³-hybridized carbons (Fsp3) is 0.231. The van der Waals surface area contributed by atoms with Crippen LogP contribution < -0.4 is 31.4 Å². The molecule has 2 aromatic rings. The third-order valence-corrected chi connectivity index (χ3v) is 3.37. The van der Waals surface area contributed by atoms with Crippen LogP contribution in [-0.4, -0.2) is 20.0 Å². The molecule has 19 heavy (non-hydrogen) atoms. The van der Waals surface area contributed by atoms with Gasteiger partial charge in [-0.05, 0) is 12.1 Å². The van der Waals surface area contributed by atoms with E-state index in [0.29, 0.717) is 23.5 Å². The highest BCUT2D eigenvalue weighted by Crippen LogP contribution is 2.25. The second-order valence-electron chi connectivity index (χ2n) is 3.65. The first-order valence-electron chi connectivity index (χ1n) is 5.44. The molecule has 0 spiro atoms. The summed E-state index contributed by atoms with van der Waals surface area (Å²) in [6.45, 7) is 0. The van der Waals surface area contributed by atoms with Crippen LogP contribution in [0, 0.1) is 0 Å². The van der Waals surface area contributed by atoms with E-state index in [1.807, 2.05) is 11.6 Å². The number of aromatic nitrogens is 1. The van der Waals surface area contributed by atoms with E-state index in [9.17, 15) is 4.79 Å². The number of ketones is 1. The maximum atomic E-state index is 12.2. The van der Waals surface area contributed by atoms with Crippen molar-refractivity contribution in [2.45, 2.75) is 6.42 Å². The molecule has 1 aromatic carbocycles. The Morgan fingerprint density at radius 1 is 1.32 bits per heavy atom. The van der Waals surface area contributed by atoms with Crippen molar-refractivity contribution in [3.8, 4) is 11.5 Å². The monoisotopic (exact) mass is 343 g/mol. The summed E-state index contributed by atoms with van der Waals surface area (Å²) in [5.41, 5.74) is 0.570. The van der Waals surface area contributed by atoms with E-state index < -0.39 is 0 Å².